The molecule has 0 heterocycles. The molecule has 1 aliphatic rings. The third kappa shape index (κ3) is 3.22. The van der Waals surface area contributed by atoms with Crippen molar-refractivity contribution in [2.45, 2.75) is 43.5 Å². The van der Waals surface area contributed by atoms with E-state index in [0.29, 0.717) is 24.8 Å². The van der Waals surface area contributed by atoms with Crippen molar-refractivity contribution < 1.29 is 23.1 Å². The summed E-state index contributed by atoms with van der Waals surface area (Å²) in [6.07, 6.45) is -3.27. The van der Waals surface area contributed by atoms with Crippen LogP contribution in [0.25, 0.3) is 0 Å². The maximum Gasteiger partial charge on any atom is 0.416 e. The average molecular weight is 324 g/mol. The highest BCUT2D eigenvalue weighted by Crippen LogP contribution is 2.38. The highest BCUT2D eigenvalue weighted by Gasteiger charge is 2.48. The summed E-state index contributed by atoms with van der Waals surface area (Å²) in [6.45, 7) is 1.39. The van der Waals surface area contributed by atoms with E-state index in [4.69, 9.17) is 5.73 Å². The number of hydrogen-bond acceptors (Lipinski definition) is 3. The number of nitrogens with two attached hydrogens (primary N) is 1. The van der Waals surface area contributed by atoms with Crippen LogP contribution in [0.15, 0.2) is 24.3 Å². The van der Waals surface area contributed by atoms with Crippen molar-refractivity contribution in [2.24, 2.45) is 5.73 Å². The minimum Gasteiger partial charge on any atom is -0.382 e. The summed E-state index contributed by atoms with van der Waals surface area (Å²) < 4.78 is 37.6. The second kappa shape index (κ2) is 5.59. The fourth-order valence-electron chi connectivity index (χ4n) is 2.65. The zero-order chi connectivity index (χ0) is 15.2. The van der Waals surface area contributed by atoms with E-state index < -0.39 is 28.7 Å². The average Bonchev–Trinajstić information content (AvgIpc) is 2.35. The van der Waals surface area contributed by atoms with E-state index in [1.165, 1.54) is 19.1 Å². The predicted octanol–water partition coefficient (Wildman–Crippen LogP) is 2.79. The molecule has 1 saturated carbocycles. The lowest BCUT2D eigenvalue weighted by Gasteiger charge is -2.40. The van der Waals surface area contributed by atoms with E-state index in [9.17, 15) is 23.1 Å². The van der Waals surface area contributed by atoms with Gasteiger partial charge < -0.3 is 10.8 Å². The first-order valence-corrected chi connectivity index (χ1v) is 6.31. The molecule has 3 nitrogen and oxygen atoms in total. The van der Waals surface area contributed by atoms with Gasteiger partial charge in [-0.3, -0.25) is 4.79 Å². The second-order valence-electron chi connectivity index (χ2n) is 5.50. The van der Waals surface area contributed by atoms with E-state index in [1.54, 1.807) is 0 Å². The molecule has 0 saturated heterocycles. The van der Waals surface area contributed by atoms with Crippen LogP contribution in [-0.2, 0) is 16.5 Å². The molecule has 1 aromatic rings. The van der Waals surface area contributed by atoms with E-state index in [-0.39, 0.29) is 12.4 Å². The largest absolute Gasteiger partial charge is 0.416 e. The van der Waals surface area contributed by atoms with Crippen LogP contribution in [0.1, 0.15) is 37.3 Å². The first-order chi connectivity index (χ1) is 9.07. The molecule has 2 unspecified atom stereocenters. The van der Waals surface area contributed by atoms with E-state index in [2.05, 4.69) is 0 Å². The van der Waals surface area contributed by atoms with Crippen LogP contribution in [0.3, 0.4) is 0 Å². The van der Waals surface area contributed by atoms with E-state index in [0.717, 1.165) is 12.1 Å². The first-order valence-electron chi connectivity index (χ1n) is 6.31. The van der Waals surface area contributed by atoms with Gasteiger partial charge in [-0.1, -0.05) is 12.1 Å². The summed E-state index contributed by atoms with van der Waals surface area (Å²) in [5.41, 5.74) is 2.62. The lowest BCUT2D eigenvalue weighted by Crippen LogP contribution is -2.57. The van der Waals surface area contributed by atoms with Crippen molar-refractivity contribution in [1.82, 2.24) is 0 Å². The van der Waals surface area contributed by atoms with Crippen LogP contribution in [0.4, 0.5) is 13.2 Å². The van der Waals surface area contributed by atoms with E-state index >= 15 is 0 Å². The standard InChI is InChI=1S/C14H16F3NO2.ClH/c1-12(20)7-2-8-13(18,11(12)19)9-3-5-10(6-4-9)14(15,16)17;/h3-6,20H,2,7-8,18H2,1H3;1H. The van der Waals surface area contributed by atoms with Crippen molar-refractivity contribution in [3.63, 3.8) is 0 Å². The lowest BCUT2D eigenvalue weighted by molar-refractivity contribution is -0.146. The summed E-state index contributed by atoms with van der Waals surface area (Å²) in [5.74, 6) is -0.545. The van der Waals surface area contributed by atoms with Gasteiger partial charge in [-0.2, -0.15) is 13.2 Å². The van der Waals surface area contributed by atoms with Crippen LogP contribution in [-0.4, -0.2) is 16.5 Å². The summed E-state index contributed by atoms with van der Waals surface area (Å²) in [7, 11) is 0. The van der Waals surface area contributed by atoms with Crippen molar-refractivity contribution >= 4 is 18.2 Å². The molecule has 1 aromatic carbocycles. The molecule has 2 atom stereocenters. The van der Waals surface area contributed by atoms with Crippen molar-refractivity contribution in [3.05, 3.63) is 35.4 Å². The highest BCUT2D eigenvalue weighted by molar-refractivity contribution is 5.96. The molecule has 0 amide bonds. The number of rotatable bonds is 1. The molecule has 2 rings (SSSR count). The van der Waals surface area contributed by atoms with Crippen LogP contribution in [0.2, 0.25) is 0 Å². The molecule has 0 bridgehead atoms. The SMILES string of the molecule is CC1(O)CCCC(N)(c2ccc(C(F)(F)F)cc2)C1=O.Cl. The number of halogens is 4. The van der Waals surface area contributed by atoms with Gasteiger partial charge in [0.25, 0.3) is 0 Å². The normalized spacial score (nSPS) is 29.9. The van der Waals surface area contributed by atoms with Gasteiger partial charge in [-0.25, -0.2) is 0 Å². The van der Waals surface area contributed by atoms with Crippen LogP contribution in [0.5, 0.6) is 0 Å². The molecule has 0 aromatic heterocycles. The summed E-state index contributed by atoms with van der Waals surface area (Å²) in [4.78, 5) is 12.3. The Morgan fingerprint density at radius 2 is 1.71 bits per heavy atom. The second-order valence-corrected chi connectivity index (χ2v) is 5.50. The zero-order valence-corrected chi connectivity index (χ0v) is 12.2. The Hall–Kier alpha value is -1.11. The topological polar surface area (TPSA) is 63.3 Å². The maximum absolute atomic E-state index is 12.5. The Morgan fingerprint density at radius 3 is 2.19 bits per heavy atom. The summed E-state index contributed by atoms with van der Waals surface area (Å²) >= 11 is 0. The number of carbonyl (C=O) groups is 1. The first kappa shape index (κ1) is 17.9. The lowest BCUT2D eigenvalue weighted by atomic mass is 9.70. The number of benzene rings is 1. The molecule has 0 aliphatic heterocycles. The molecular formula is C14H17ClF3NO2. The molecule has 21 heavy (non-hydrogen) atoms. The van der Waals surface area contributed by atoms with Gasteiger partial charge >= 0.3 is 6.18 Å². The fraction of sp³-hybridized carbons (Fsp3) is 0.500. The molecule has 7 heteroatoms. The molecule has 1 fully saturated rings. The Balaban J connectivity index is 0.00000220. The molecular weight excluding hydrogens is 307 g/mol. The van der Waals surface area contributed by atoms with Gasteiger partial charge in [-0.15, -0.1) is 12.4 Å². The van der Waals surface area contributed by atoms with Gasteiger partial charge in [0.1, 0.15) is 11.1 Å². The van der Waals surface area contributed by atoms with Crippen LogP contribution >= 0.6 is 12.4 Å². The maximum atomic E-state index is 12.5. The minimum atomic E-state index is -4.43. The highest BCUT2D eigenvalue weighted by atomic mass is 35.5. The van der Waals surface area contributed by atoms with Gasteiger partial charge in [0.2, 0.25) is 0 Å². The van der Waals surface area contributed by atoms with Crippen LogP contribution in [0, 0.1) is 0 Å². The summed E-state index contributed by atoms with van der Waals surface area (Å²) in [5, 5.41) is 10.0. The number of ketones is 1. The summed E-state index contributed by atoms with van der Waals surface area (Å²) in [6, 6.07) is 4.23. The molecule has 118 valence electrons. The van der Waals surface area contributed by atoms with Crippen molar-refractivity contribution in [1.29, 1.82) is 0 Å². The third-order valence-electron chi connectivity index (χ3n) is 3.86. The number of alkyl halides is 3. The van der Waals surface area contributed by atoms with Crippen molar-refractivity contribution in [2.75, 3.05) is 0 Å². The van der Waals surface area contributed by atoms with Crippen LogP contribution < -0.4 is 5.73 Å². The van der Waals surface area contributed by atoms with Crippen molar-refractivity contribution in [3.8, 4) is 0 Å². The Morgan fingerprint density at radius 1 is 1.19 bits per heavy atom. The molecule has 0 spiro atoms. The molecule has 1 aliphatic carbocycles. The smallest absolute Gasteiger partial charge is 0.382 e. The predicted molar refractivity (Wildman–Crippen MR) is 74.0 cm³/mol. The van der Waals surface area contributed by atoms with Gasteiger partial charge in [0.15, 0.2) is 5.78 Å². The monoisotopic (exact) mass is 323 g/mol. The third-order valence-corrected chi connectivity index (χ3v) is 3.86. The Labute approximate surface area is 126 Å². The Kier molecular flexibility index (Phi) is 4.77. The van der Waals surface area contributed by atoms with Gasteiger partial charge in [0, 0.05) is 0 Å². The molecule has 0 radical (unpaired) electrons. The Bertz CT molecular complexity index is 528. The quantitative estimate of drug-likeness (QED) is 0.835. The number of aliphatic hydroxyl groups is 1. The van der Waals surface area contributed by atoms with Gasteiger partial charge in [0.05, 0.1) is 5.56 Å². The molecule has 3 N–H and O–H groups in total. The minimum absolute atomic E-state index is 0. The number of Topliss-reactive ketones (excluding diaryl/α,β-unsaturated/α-hetero) is 1. The zero-order valence-electron chi connectivity index (χ0n) is 11.4. The van der Waals surface area contributed by atoms with Gasteiger partial charge in [-0.05, 0) is 43.9 Å². The van der Waals surface area contributed by atoms with E-state index in [1.807, 2.05) is 0 Å². The fourth-order valence-corrected chi connectivity index (χ4v) is 2.65. The number of hydrogen-bond donors (Lipinski definition) is 2. The number of carbonyl (C=O) groups excluding carboxylic acids is 1.